The van der Waals surface area contributed by atoms with E-state index in [0.29, 0.717) is 0 Å². The van der Waals surface area contributed by atoms with Crippen molar-refractivity contribution in [2.75, 3.05) is 11.6 Å². The second-order valence-corrected chi connectivity index (χ2v) is 6.34. The van der Waals surface area contributed by atoms with Gasteiger partial charge in [-0.1, -0.05) is 24.3 Å². The van der Waals surface area contributed by atoms with Crippen LogP contribution in [0.3, 0.4) is 0 Å². The number of hydrogen-bond acceptors (Lipinski definition) is 4. The third-order valence-corrected chi connectivity index (χ3v) is 4.52. The molecule has 3 aromatic rings. The number of carbonyl (C=O) groups excluding carboxylic acids is 2. The number of rotatable bonds is 5. The maximum atomic E-state index is 11.5. The third kappa shape index (κ3) is 3.70. The molecule has 7 nitrogen and oxygen atoms in total. The summed E-state index contributed by atoms with van der Waals surface area (Å²) in [6, 6.07) is 15.1. The van der Waals surface area contributed by atoms with Gasteiger partial charge >= 0.3 is 6.03 Å². The number of nitrogens with two attached hydrogens (primary N) is 2. The van der Waals surface area contributed by atoms with Gasteiger partial charge in [-0.25, -0.2) is 9.48 Å². The Labute approximate surface area is 154 Å². The van der Waals surface area contributed by atoms with Crippen LogP contribution in [0.1, 0.15) is 10.4 Å². The van der Waals surface area contributed by atoms with Crippen molar-refractivity contribution >= 4 is 29.5 Å². The van der Waals surface area contributed by atoms with Crippen LogP contribution in [0, 0.1) is 0 Å². The number of amides is 3. The van der Waals surface area contributed by atoms with Crippen LogP contribution in [0.5, 0.6) is 0 Å². The molecule has 0 radical (unpaired) electrons. The second kappa shape index (κ2) is 7.32. The fourth-order valence-corrected chi connectivity index (χ4v) is 2.89. The molecule has 2 aromatic carbocycles. The highest BCUT2D eigenvalue weighted by molar-refractivity contribution is 7.98. The average molecular weight is 367 g/mol. The Balaban J connectivity index is 1.90. The summed E-state index contributed by atoms with van der Waals surface area (Å²) >= 11 is 1.69. The van der Waals surface area contributed by atoms with Crippen LogP contribution in [0.4, 0.5) is 10.6 Å². The molecule has 0 saturated carbocycles. The molecule has 132 valence electrons. The summed E-state index contributed by atoms with van der Waals surface area (Å²) in [5, 5.41) is 6.47. The Morgan fingerprint density at radius 1 is 1.00 bits per heavy atom. The van der Waals surface area contributed by atoms with Crippen LogP contribution in [0.25, 0.3) is 16.8 Å². The molecule has 1 heterocycles. The molecule has 8 heteroatoms. The first-order valence-corrected chi connectivity index (χ1v) is 8.91. The Morgan fingerprint density at radius 2 is 1.58 bits per heavy atom. The number of aromatic nitrogens is 2. The third-order valence-electron chi connectivity index (χ3n) is 3.78. The molecule has 0 spiro atoms. The van der Waals surface area contributed by atoms with Gasteiger partial charge in [-0.2, -0.15) is 0 Å². The molecule has 0 atom stereocenters. The number of nitrogens with zero attached hydrogens (tertiary/aromatic N) is 2. The minimum absolute atomic E-state index is 0.0294. The van der Waals surface area contributed by atoms with Gasteiger partial charge in [0, 0.05) is 11.1 Å². The molecule has 3 amide bonds. The number of carbonyl (C=O) groups is 2. The van der Waals surface area contributed by atoms with Crippen molar-refractivity contribution in [3.05, 3.63) is 60.3 Å². The van der Waals surface area contributed by atoms with Gasteiger partial charge in [-0.05, 0) is 41.6 Å². The molecular formula is C18H17N5O2S. The van der Waals surface area contributed by atoms with Crippen molar-refractivity contribution in [1.29, 1.82) is 0 Å². The molecule has 0 aliphatic rings. The lowest BCUT2D eigenvalue weighted by Crippen LogP contribution is -2.22. The van der Waals surface area contributed by atoms with Gasteiger partial charge in [0.25, 0.3) is 5.91 Å². The number of benzene rings is 2. The van der Waals surface area contributed by atoms with Crippen molar-refractivity contribution in [1.82, 2.24) is 9.78 Å². The fraction of sp³-hybridized carbons (Fsp3) is 0.0556. The Hall–Kier alpha value is -3.26. The molecule has 0 aliphatic carbocycles. The average Bonchev–Trinajstić information content (AvgIpc) is 3.05. The van der Waals surface area contributed by atoms with Crippen LogP contribution >= 0.6 is 11.8 Å². The first-order chi connectivity index (χ1) is 12.5. The molecule has 0 aliphatic heterocycles. The Bertz CT molecular complexity index is 949. The van der Waals surface area contributed by atoms with E-state index in [0.717, 1.165) is 16.8 Å². The van der Waals surface area contributed by atoms with Crippen LogP contribution < -0.4 is 16.8 Å². The minimum Gasteiger partial charge on any atom is -0.365 e. The Kier molecular flexibility index (Phi) is 4.94. The first-order valence-electron chi connectivity index (χ1n) is 7.68. The number of nitrogens with one attached hydrogen (secondary N) is 1. The number of urea groups is 1. The highest BCUT2D eigenvalue weighted by atomic mass is 32.2. The lowest BCUT2D eigenvalue weighted by molar-refractivity contribution is 0.100. The van der Waals surface area contributed by atoms with Crippen LogP contribution in [-0.2, 0) is 0 Å². The first kappa shape index (κ1) is 17.6. The van der Waals surface area contributed by atoms with E-state index in [1.54, 1.807) is 11.8 Å². The smallest absolute Gasteiger partial charge is 0.317 e. The van der Waals surface area contributed by atoms with Crippen molar-refractivity contribution in [3.63, 3.8) is 0 Å². The van der Waals surface area contributed by atoms with Gasteiger partial charge in [-0.3, -0.25) is 10.1 Å². The van der Waals surface area contributed by atoms with Gasteiger partial charge in [0.05, 0.1) is 5.69 Å². The zero-order valence-corrected chi connectivity index (χ0v) is 14.8. The molecular weight excluding hydrogens is 350 g/mol. The summed E-state index contributed by atoms with van der Waals surface area (Å²) in [5.41, 5.74) is 13.4. The summed E-state index contributed by atoms with van der Waals surface area (Å²) in [6.45, 7) is 0. The topological polar surface area (TPSA) is 116 Å². The minimum atomic E-state index is -0.818. The van der Waals surface area contributed by atoms with Crippen molar-refractivity contribution in [2.45, 2.75) is 4.90 Å². The molecule has 0 saturated heterocycles. The molecule has 0 fully saturated rings. The van der Waals surface area contributed by atoms with Crippen LogP contribution in [0.15, 0.2) is 59.6 Å². The predicted molar refractivity (Wildman–Crippen MR) is 103 cm³/mol. The zero-order valence-electron chi connectivity index (χ0n) is 14.0. The van der Waals surface area contributed by atoms with Crippen molar-refractivity contribution in [2.24, 2.45) is 11.5 Å². The molecule has 26 heavy (non-hydrogen) atoms. The highest BCUT2D eigenvalue weighted by Crippen LogP contribution is 2.24. The molecule has 3 rings (SSSR count). The molecule has 0 bridgehead atoms. The number of hydrogen-bond donors (Lipinski definition) is 3. The predicted octanol–water partition coefficient (Wildman–Crippen LogP) is 2.85. The van der Waals surface area contributed by atoms with Gasteiger partial charge in [0.15, 0.2) is 5.82 Å². The normalized spacial score (nSPS) is 10.5. The van der Waals surface area contributed by atoms with Gasteiger partial charge in [0.2, 0.25) is 0 Å². The highest BCUT2D eigenvalue weighted by Gasteiger charge is 2.16. The largest absolute Gasteiger partial charge is 0.365 e. The number of primary amides is 2. The van der Waals surface area contributed by atoms with Gasteiger partial charge in [-0.15, -0.1) is 16.9 Å². The monoisotopic (exact) mass is 367 g/mol. The Morgan fingerprint density at radius 3 is 2.08 bits per heavy atom. The van der Waals surface area contributed by atoms with E-state index in [1.165, 1.54) is 15.8 Å². The molecule has 0 unspecified atom stereocenters. The summed E-state index contributed by atoms with van der Waals surface area (Å²) in [4.78, 5) is 23.8. The lowest BCUT2D eigenvalue weighted by Gasteiger charge is -2.05. The van der Waals surface area contributed by atoms with E-state index < -0.39 is 11.9 Å². The number of anilines is 1. The number of thioether (sulfide) groups is 1. The second-order valence-electron chi connectivity index (χ2n) is 5.46. The van der Waals surface area contributed by atoms with Crippen molar-refractivity contribution < 1.29 is 9.59 Å². The van der Waals surface area contributed by atoms with Gasteiger partial charge < -0.3 is 11.5 Å². The van der Waals surface area contributed by atoms with E-state index in [4.69, 9.17) is 11.5 Å². The van der Waals surface area contributed by atoms with Gasteiger partial charge in [0.1, 0.15) is 5.56 Å². The molecule has 1 aromatic heterocycles. The van der Waals surface area contributed by atoms with E-state index in [1.807, 2.05) is 30.5 Å². The van der Waals surface area contributed by atoms with Crippen LogP contribution in [0.2, 0.25) is 0 Å². The quantitative estimate of drug-likeness (QED) is 0.601. The summed E-state index contributed by atoms with van der Waals surface area (Å²) in [6.07, 6.45) is 3.49. The van der Waals surface area contributed by atoms with Crippen molar-refractivity contribution in [3.8, 4) is 16.8 Å². The maximum Gasteiger partial charge on any atom is 0.317 e. The fourth-order valence-electron chi connectivity index (χ4n) is 2.49. The summed E-state index contributed by atoms with van der Waals surface area (Å²) < 4.78 is 1.46. The van der Waals surface area contributed by atoms with Crippen LogP contribution in [-0.4, -0.2) is 28.0 Å². The van der Waals surface area contributed by atoms with E-state index in [9.17, 15) is 9.59 Å². The maximum absolute atomic E-state index is 11.5. The summed E-state index contributed by atoms with van der Waals surface area (Å²) in [5.74, 6) is -0.674. The van der Waals surface area contributed by atoms with E-state index in [2.05, 4.69) is 34.7 Å². The lowest BCUT2D eigenvalue weighted by atomic mass is 10.1. The SMILES string of the molecule is CSc1ccc(-c2ccc(-n3cc(C(N)=O)c(NC(N)=O)n3)cc2)cc1. The van der Waals surface area contributed by atoms with E-state index in [-0.39, 0.29) is 11.4 Å². The zero-order chi connectivity index (χ0) is 18.7. The molecule has 5 N–H and O–H groups in total. The van der Waals surface area contributed by atoms with E-state index >= 15 is 0 Å². The summed E-state index contributed by atoms with van der Waals surface area (Å²) in [7, 11) is 0. The standard InChI is InChI=1S/C18H17N5O2S/c1-26-14-8-4-12(5-9-14)11-2-6-13(7-3-11)23-10-15(16(19)24)17(22-23)21-18(20)25/h2-10H,1H3,(H2,19,24)(H3,20,21,22,25).